The van der Waals surface area contributed by atoms with Crippen molar-refractivity contribution in [3.8, 4) is 0 Å². The predicted octanol–water partition coefficient (Wildman–Crippen LogP) is 1.88. The van der Waals surface area contributed by atoms with Crippen LogP contribution in [0.25, 0.3) is 11.0 Å². The molecule has 0 bridgehead atoms. The molecule has 1 saturated heterocycles. The van der Waals surface area contributed by atoms with Crippen molar-refractivity contribution in [2.75, 3.05) is 38.7 Å². The number of para-hydroxylation sites is 1. The van der Waals surface area contributed by atoms with Crippen LogP contribution < -0.4 is 5.32 Å². The molecule has 1 atom stereocenters. The molecule has 3 rings (SSSR count). The maximum atomic E-state index is 12.8. The van der Waals surface area contributed by atoms with E-state index in [1.165, 1.54) is 7.11 Å². The molecule has 0 unspecified atom stereocenters. The number of hydrogen-bond acceptors (Lipinski definition) is 5. The number of furan rings is 1. The van der Waals surface area contributed by atoms with Crippen molar-refractivity contribution in [3.63, 3.8) is 0 Å². The quantitative estimate of drug-likeness (QED) is 0.924. The lowest BCUT2D eigenvalue weighted by Crippen LogP contribution is -2.41. The molecule has 0 radical (unpaired) electrons. The molecule has 1 N–H and O–H groups in total. The van der Waals surface area contributed by atoms with E-state index in [0.717, 1.165) is 0 Å². The number of amides is 2. The first kappa shape index (κ1) is 16.5. The van der Waals surface area contributed by atoms with Crippen LogP contribution in [0.15, 0.2) is 28.7 Å². The third-order valence-corrected chi connectivity index (χ3v) is 4.06. The molecule has 2 amide bonds. The van der Waals surface area contributed by atoms with Gasteiger partial charge in [0.25, 0.3) is 11.8 Å². The highest BCUT2D eigenvalue weighted by Gasteiger charge is 2.28. The second-order valence-corrected chi connectivity index (χ2v) is 5.57. The number of morpholine rings is 1. The molecule has 1 fully saturated rings. The van der Waals surface area contributed by atoms with Crippen LogP contribution in [0.2, 0.25) is 0 Å². The van der Waals surface area contributed by atoms with E-state index in [2.05, 4.69) is 5.32 Å². The van der Waals surface area contributed by atoms with E-state index < -0.39 is 6.10 Å². The van der Waals surface area contributed by atoms with Crippen LogP contribution >= 0.6 is 0 Å². The van der Waals surface area contributed by atoms with Crippen molar-refractivity contribution in [3.05, 3.63) is 30.0 Å². The summed E-state index contributed by atoms with van der Waals surface area (Å²) in [6, 6.07) is 7.22. The van der Waals surface area contributed by atoms with Gasteiger partial charge in [-0.05, 0) is 19.1 Å². The van der Waals surface area contributed by atoms with Gasteiger partial charge < -0.3 is 24.1 Å². The van der Waals surface area contributed by atoms with E-state index >= 15 is 0 Å². The second kappa shape index (κ2) is 7.02. The Balaban J connectivity index is 1.98. The van der Waals surface area contributed by atoms with Gasteiger partial charge in [-0.25, -0.2) is 0 Å². The summed E-state index contributed by atoms with van der Waals surface area (Å²) >= 11 is 0. The molecule has 1 aromatic carbocycles. The van der Waals surface area contributed by atoms with Gasteiger partial charge in [-0.1, -0.05) is 12.1 Å². The van der Waals surface area contributed by atoms with Gasteiger partial charge in [-0.2, -0.15) is 0 Å². The smallest absolute Gasteiger partial charge is 0.291 e. The maximum Gasteiger partial charge on any atom is 0.291 e. The standard InChI is InChI=1S/C17H20N2O5/c1-11(22-2)16(20)18-14-12-5-3-4-6-13(12)24-15(14)17(21)19-7-9-23-10-8-19/h3-6,11H,7-10H2,1-2H3,(H,18,20)/t11-/m0/s1. The van der Waals surface area contributed by atoms with Gasteiger partial charge in [-0.15, -0.1) is 0 Å². The lowest BCUT2D eigenvalue weighted by atomic mass is 10.2. The number of nitrogens with zero attached hydrogens (tertiary/aromatic N) is 1. The van der Waals surface area contributed by atoms with E-state index in [4.69, 9.17) is 13.9 Å². The zero-order valence-corrected chi connectivity index (χ0v) is 13.7. The fourth-order valence-corrected chi connectivity index (χ4v) is 2.56. The van der Waals surface area contributed by atoms with Crippen molar-refractivity contribution in [1.82, 2.24) is 4.90 Å². The monoisotopic (exact) mass is 332 g/mol. The highest BCUT2D eigenvalue weighted by Crippen LogP contribution is 2.32. The van der Waals surface area contributed by atoms with Gasteiger partial charge >= 0.3 is 0 Å². The van der Waals surface area contributed by atoms with Crippen LogP contribution in [0.1, 0.15) is 17.5 Å². The Morgan fingerprint density at radius 3 is 2.67 bits per heavy atom. The molecule has 128 valence electrons. The molecular formula is C17H20N2O5. The van der Waals surface area contributed by atoms with Crippen LogP contribution in [0.3, 0.4) is 0 Å². The van der Waals surface area contributed by atoms with Crippen molar-refractivity contribution in [2.45, 2.75) is 13.0 Å². The van der Waals surface area contributed by atoms with E-state index in [1.807, 2.05) is 18.2 Å². The van der Waals surface area contributed by atoms with Gasteiger partial charge in [-0.3, -0.25) is 9.59 Å². The zero-order valence-electron chi connectivity index (χ0n) is 13.7. The largest absolute Gasteiger partial charge is 0.449 e. The molecule has 7 nitrogen and oxygen atoms in total. The Bertz CT molecular complexity index is 749. The minimum Gasteiger partial charge on any atom is -0.449 e. The van der Waals surface area contributed by atoms with Crippen LogP contribution in [-0.2, 0) is 14.3 Å². The number of fused-ring (bicyclic) bond motifs is 1. The number of hydrogen-bond donors (Lipinski definition) is 1. The fraction of sp³-hybridized carbons (Fsp3) is 0.412. The number of carbonyl (C=O) groups excluding carboxylic acids is 2. The normalized spacial score (nSPS) is 16.2. The highest BCUT2D eigenvalue weighted by molar-refractivity contribution is 6.11. The maximum absolute atomic E-state index is 12.8. The molecule has 1 aliphatic rings. The molecule has 1 aliphatic heterocycles. The number of anilines is 1. The number of benzene rings is 1. The van der Waals surface area contributed by atoms with Gasteiger partial charge in [0.15, 0.2) is 0 Å². The van der Waals surface area contributed by atoms with Gasteiger partial charge in [0, 0.05) is 25.6 Å². The minimum atomic E-state index is -0.634. The molecule has 2 aromatic rings. The van der Waals surface area contributed by atoms with Crippen LogP contribution in [-0.4, -0.2) is 56.2 Å². The Hall–Kier alpha value is -2.38. The predicted molar refractivity (Wildman–Crippen MR) is 88.0 cm³/mol. The second-order valence-electron chi connectivity index (χ2n) is 5.57. The van der Waals surface area contributed by atoms with Crippen molar-refractivity contribution >= 4 is 28.5 Å². The molecule has 7 heteroatoms. The van der Waals surface area contributed by atoms with Gasteiger partial charge in [0.2, 0.25) is 5.76 Å². The van der Waals surface area contributed by atoms with Gasteiger partial charge in [0.1, 0.15) is 17.4 Å². The van der Waals surface area contributed by atoms with Crippen LogP contribution in [0.4, 0.5) is 5.69 Å². The summed E-state index contributed by atoms with van der Waals surface area (Å²) in [5, 5.41) is 3.45. The highest BCUT2D eigenvalue weighted by atomic mass is 16.5. The van der Waals surface area contributed by atoms with Crippen molar-refractivity contribution < 1.29 is 23.5 Å². The number of ether oxygens (including phenoxy) is 2. The Morgan fingerprint density at radius 1 is 1.25 bits per heavy atom. The summed E-state index contributed by atoms with van der Waals surface area (Å²) in [4.78, 5) is 26.7. The first-order valence-corrected chi connectivity index (χ1v) is 7.84. The first-order valence-electron chi connectivity index (χ1n) is 7.84. The SMILES string of the molecule is CO[C@@H](C)C(=O)Nc1c(C(=O)N2CCOCC2)oc2ccccc12. The molecule has 0 aliphatic carbocycles. The molecular weight excluding hydrogens is 312 g/mol. The number of nitrogens with one attached hydrogen (secondary N) is 1. The molecule has 2 heterocycles. The third-order valence-electron chi connectivity index (χ3n) is 4.06. The first-order chi connectivity index (χ1) is 11.6. The molecule has 0 spiro atoms. The summed E-state index contributed by atoms with van der Waals surface area (Å²) < 4.78 is 16.1. The number of methoxy groups -OCH3 is 1. The Morgan fingerprint density at radius 2 is 1.96 bits per heavy atom. The van der Waals surface area contributed by atoms with Crippen molar-refractivity contribution in [1.29, 1.82) is 0 Å². The third kappa shape index (κ3) is 3.13. The summed E-state index contributed by atoms with van der Waals surface area (Å²) in [6.45, 7) is 3.62. The fourth-order valence-electron chi connectivity index (χ4n) is 2.56. The number of carbonyl (C=O) groups is 2. The zero-order chi connectivity index (χ0) is 17.1. The lowest BCUT2D eigenvalue weighted by molar-refractivity contribution is -0.124. The van der Waals surface area contributed by atoms with E-state index in [-0.39, 0.29) is 17.6 Å². The van der Waals surface area contributed by atoms with Gasteiger partial charge in [0.05, 0.1) is 13.2 Å². The average Bonchev–Trinajstić information content (AvgIpc) is 2.99. The summed E-state index contributed by atoms with van der Waals surface area (Å²) in [7, 11) is 1.46. The van der Waals surface area contributed by atoms with Crippen molar-refractivity contribution in [2.24, 2.45) is 0 Å². The van der Waals surface area contributed by atoms with E-state index in [9.17, 15) is 9.59 Å². The molecule has 1 aromatic heterocycles. The lowest BCUT2D eigenvalue weighted by Gasteiger charge is -2.26. The van der Waals surface area contributed by atoms with E-state index in [0.29, 0.717) is 43.0 Å². The molecule has 0 saturated carbocycles. The minimum absolute atomic E-state index is 0.134. The topological polar surface area (TPSA) is 81.0 Å². The average molecular weight is 332 g/mol. The summed E-state index contributed by atoms with van der Waals surface area (Å²) in [5.74, 6) is -0.454. The molecule has 24 heavy (non-hydrogen) atoms. The van der Waals surface area contributed by atoms with Crippen LogP contribution in [0.5, 0.6) is 0 Å². The summed E-state index contributed by atoms with van der Waals surface area (Å²) in [6.07, 6.45) is -0.634. The summed E-state index contributed by atoms with van der Waals surface area (Å²) in [5.41, 5.74) is 0.936. The Labute approximate surface area is 139 Å². The van der Waals surface area contributed by atoms with Crippen LogP contribution in [0, 0.1) is 0 Å². The number of rotatable bonds is 4. The Kier molecular flexibility index (Phi) is 4.82. The van der Waals surface area contributed by atoms with E-state index in [1.54, 1.807) is 17.9 Å².